The minimum Gasteiger partial charge on any atom is -0.492 e. The molecule has 0 heterocycles. The van der Waals surface area contributed by atoms with Crippen LogP contribution in [0.4, 0.5) is 0 Å². The highest BCUT2D eigenvalue weighted by molar-refractivity contribution is 9.09. The molecule has 0 saturated carbocycles. The molecule has 0 radical (unpaired) electrons. The lowest BCUT2D eigenvalue weighted by molar-refractivity contribution is 0.146. The van der Waals surface area contributed by atoms with Gasteiger partial charge >= 0.3 is 0 Å². The molecule has 1 nitrogen and oxygen atoms in total. The summed E-state index contributed by atoms with van der Waals surface area (Å²) in [7, 11) is 0. The first-order chi connectivity index (χ1) is 10.2. The molecule has 0 aliphatic carbocycles. The van der Waals surface area contributed by atoms with Crippen LogP contribution in [0.2, 0.25) is 0 Å². The summed E-state index contributed by atoms with van der Waals surface area (Å²) in [6, 6.07) is 14.7. The zero-order valence-electron chi connectivity index (χ0n) is 13.1. The number of ether oxygens (including phenoxy) is 1. The molecule has 0 spiro atoms. The Labute approximate surface area is 136 Å². The third-order valence-electron chi connectivity index (χ3n) is 4.13. The van der Waals surface area contributed by atoms with Crippen LogP contribution in [0.1, 0.15) is 39.5 Å². The van der Waals surface area contributed by atoms with E-state index < -0.39 is 0 Å². The van der Waals surface area contributed by atoms with Gasteiger partial charge in [-0.05, 0) is 24.3 Å². The van der Waals surface area contributed by atoms with Gasteiger partial charge in [-0.1, -0.05) is 79.0 Å². The van der Waals surface area contributed by atoms with Crippen LogP contribution in [0, 0.1) is 5.41 Å². The highest BCUT2D eigenvalue weighted by Crippen LogP contribution is 2.34. The van der Waals surface area contributed by atoms with E-state index in [4.69, 9.17) is 4.74 Å². The molecular formula is C19H25BrO. The number of fused-ring (bicyclic) bond motifs is 1. The van der Waals surface area contributed by atoms with Crippen molar-refractivity contribution in [3.8, 4) is 5.75 Å². The van der Waals surface area contributed by atoms with Crippen molar-refractivity contribution in [3.63, 3.8) is 0 Å². The van der Waals surface area contributed by atoms with Gasteiger partial charge in [0.15, 0.2) is 0 Å². The first-order valence-corrected chi connectivity index (χ1v) is 9.03. The molecule has 21 heavy (non-hydrogen) atoms. The van der Waals surface area contributed by atoms with E-state index in [0.29, 0.717) is 0 Å². The van der Waals surface area contributed by atoms with Crippen LogP contribution in [0.3, 0.4) is 0 Å². The van der Waals surface area contributed by atoms with Gasteiger partial charge in [0.2, 0.25) is 0 Å². The third-order valence-corrected chi connectivity index (χ3v) is 5.32. The van der Waals surface area contributed by atoms with E-state index in [1.54, 1.807) is 0 Å². The van der Waals surface area contributed by atoms with Gasteiger partial charge < -0.3 is 4.74 Å². The maximum absolute atomic E-state index is 6.25. The molecule has 0 amide bonds. The molecule has 2 aromatic rings. The van der Waals surface area contributed by atoms with Gasteiger partial charge in [-0.2, -0.15) is 0 Å². The molecular weight excluding hydrogens is 324 g/mol. The normalized spacial score (nSPS) is 11.8. The Morgan fingerprint density at radius 3 is 2.29 bits per heavy atom. The number of hydrogen-bond acceptors (Lipinski definition) is 1. The van der Waals surface area contributed by atoms with Crippen molar-refractivity contribution in [2.75, 3.05) is 11.9 Å². The van der Waals surface area contributed by atoms with Crippen LogP contribution in [0.5, 0.6) is 5.75 Å². The molecule has 0 bridgehead atoms. The second-order valence-electron chi connectivity index (χ2n) is 5.90. The van der Waals surface area contributed by atoms with Crippen molar-refractivity contribution in [2.45, 2.75) is 39.5 Å². The number of hydrogen-bond donors (Lipinski definition) is 0. The molecule has 0 aromatic heterocycles. The van der Waals surface area contributed by atoms with E-state index in [1.165, 1.54) is 36.5 Å². The van der Waals surface area contributed by atoms with E-state index in [-0.39, 0.29) is 5.41 Å². The van der Waals surface area contributed by atoms with Crippen molar-refractivity contribution in [2.24, 2.45) is 5.41 Å². The Morgan fingerprint density at radius 1 is 0.952 bits per heavy atom. The lowest BCUT2D eigenvalue weighted by Crippen LogP contribution is -2.30. The Balaban J connectivity index is 2.19. The maximum atomic E-state index is 6.25. The third kappa shape index (κ3) is 4.00. The van der Waals surface area contributed by atoms with Crippen molar-refractivity contribution >= 4 is 26.7 Å². The van der Waals surface area contributed by atoms with Crippen LogP contribution in [-0.4, -0.2) is 11.9 Å². The van der Waals surface area contributed by atoms with Crippen molar-refractivity contribution in [1.29, 1.82) is 0 Å². The Hall–Kier alpha value is -1.02. The lowest BCUT2D eigenvalue weighted by Gasteiger charge is -2.31. The predicted molar refractivity (Wildman–Crippen MR) is 95.5 cm³/mol. The second kappa shape index (κ2) is 7.84. The monoisotopic (exact) mass is 348 g/mol. The molecule has 0 saturated heterocycles. The van der Waals surface area contributed by atoms with Gasteiger partial charge in [-0.3, -0.25) is 0 Å². The van der Waals surface area contributed by atoms with Crippen LogP contribution in [0.15, 0.2) is 42.5 Å². The van der Waals surface area contributed by atoms with Crippen LogP contribution < -0.4 is 4.74 Å². The van der Waals surface area contributed by atoms with Gasteiger partial charge in [0.25, 0.3) is 0 Å². The van der Waals surface area contributed by atoms with E-state index in [9.17, 15) is 0 Å². The number of halogens is 1. The van der Waals surface area contributed by atoms with Crippen molar-refractivity contribution < 1.29 is 4.74 Å². The van der Waals surface area contributed by atoms with E-state index in [2.05, 4.69) is 72.2 Å². The smallest absolute Gasteiger partial charge is 0.127 e. The van der Waals surface area contributed by atoms with Crippen LogP contribution >= 0.6 is 15.9 Å². The first kappa shape index (κ1) is 16.4. The summed E-state index contributed by atoms with van der Waals surface area (Å²) in [6.07, 6.45) is 4.81. The van der Waals surface area contributed by atoms with Gasteiger partial charge in [0, 0.05) is 16.1 Å². The van der Waals surface area contributed by atoms with E-state index >= 15 is 0 Å². The van der Waals surface area contributed by atoms with E-state index in [0.717, 1.165) is 17.7 Å². The van der Waals surface area contributed by atoms with Gasteiger partial charge in [0.1, 0.15) is 5.75 Å². The summed E-state index contributed by atoms with van der Waals surface area (Å²) in [5.41, 5.74) is 0.250. The summed E-state index contributed by atoms with van der Waals surface area (Å²) >= 11 is 3.72. The van der Waals surface area contributed by atoms with Crippen molar-refractivity contribution in [3.05, 3.63) is 42.5 Å². The summed E-state index contributed by atoms with van der Waals surface area (Å²) in [6.45, 7) is 5.30. The molecule has 0 unspecified atom stereocenters. The summed E-state index contributed by atoms with van der Waals surface area (Å²) in [5, 5.41) is 3.45. The van der Waals surface area contributed by atoms with Crippen LogP contribution in [-0.2, 0) is 0 Å². The molecule has 114 valence electrons. The Morgan fingerprint density at radius 2 is 1.62 bits per heavy atom. The average molecular weight is 349 g/mol. The molecule has 2 aromatic carbocycles. The molecule has 0 fully saturated rings. The molecule has 0 aliphatic rings. The van der Waals surface area contributed by atoms with Gasteiger partial charge in [-0.25, -0.2) is 0 Å². The fraction of sp³-hybridized carbons (Fsp3) is 0.474. The largest absolute Gasteiger partial charge is 0.492 e. The highest BCUT2D eigenvalue weighted by Gasteiger charge is 2.28. The SMILES string of the molecule is CCCC(CBr)(CCC)COc1cccc2ccccc12. The lowest BCUT2D eigenvalue weighted by atomic mass is 9.82. The van der Waals surface area contributed by atoms with E-state index in [1.807, 2.05) is 0 Å². The molecule has 2 rings (SSSR count). The summed E-state index contributed by atoms with van der Waals surface area (Å²) < 4.78 is 6.25. The predicted octanol–water partition coefficient (Wildman–Crippen LogP) is 6.20. The Kier molecular flexibility index (Phi) is 6.10. The second-order valence-corrected chi connectivity index (χ2v) is 6.46. The minimum absolute atomic E-state index is 0.250. The minimum atomic E-state index is 0.250. The quantitative estimate of drug-likeness (QED) is 0.516. The summed E-state index contributed by atoms with van der Waals surface area (Å²) in [4.78, 5) is 0. The number of alkyl halides is 1. The first-order valence-electron chi connectivity index (χ1n) is 7.91. The summed E-state index contributed by atoms with van der Waals surface area (Å²) in [5.74, 6) is 1.01. The topological polar surface area (TPSA) is 9.23 Å². The molecule has 2 heteroatoms. The average Bonchev–Trinajstić information content (AvgIpc) is 2.53. The zero-order valence-corrected chi connectivity index (χ0v) is 14.7. The van der Waals surface area contributed by atoms with Gasteiger partial charge in [0.05, 0.1) is 6.61 Å². The molecule has 0 N–H and O–H groups in total. The molecule has 0 aliphatic heterocycles. The Bertz CT molecular complexity index is 553. The molecule has 0 atom stereocenters. The van der Waals surface area contributed by atoms with Crippen molar-refractivity contribution in [1.82, 2.24) is 0 Å². The van der Waals surface area contributed by atoms with Crippen LogP contribution in [0.25, 0.3) is 10.8 Å². The fourth-order valence-electron chi connectivity index (χ4n) is 3.05. The standard InChI is InChI=1S/C19H25BrO/c1-3-12-19(14-20,13-4-2)15-21-18-11-7-9-16-8-5-6-10-17(16)18/h5-11H,3-4,12-15H2,1-2H3. The number of rotatable bonds is 8. The van der Waals surface area contributed by atoms with Gasteiger partial charge in [-0.15, -0.1) is 0 Å². The fourth-order valence-corrected chi connectivity index (χ4v) is 3.78. The zero-order chi connectivity index (χ0) is 15.1. The highest BCUT2D eigenvalue weighted by atomic mass is 79.9. The number of benzene rings is 2. The maximum Gasteiger partial charge on any atom is 0.127 e.